The van der Waals surface area contributed by atoms with Gasteiger partial charge in [0.2, 0.25) is 11.9 Å². The first-order chi connectivity index (χ1) is 16.1. The third-order valence-corrected chi connectivity index (χ3v) is 6.11. The van der Waals surface area contributed by atoms with Crippen LogP contribution in [-0.2, 0) is 4.79 Å². The number of nitrogens with one attached hydrogen (secondary N) is 3. The molecule has 1 atom stereocenters. The lowest BCUT2D eigenvalue weighted by Gasteiger charge is -2.24. The van der Waals surface area contributed by atoms with Gasteiger partial charge in [-0.05, 0) is 37.1 Å². The number of hydrogen-bond donors (Lipinski definition) is 4. The van der Waals surface area contributed by atoms with Crippen molar-refractivity contribution in [2.75, 3.05) is 29.5 Å². The molecule has 5 N–H and O–H groups in total. The summed E-state index contributed by atoms with van der Waals surface area (Å²) in [7, 11) is 1.65. The topological polar surface area (TPSA) is 134 Å². The molecule has 10 heteroatoms. The van der Waals surface area contributed by atoms with E-state index in [2.05, 4.69) is 30.8 Å². The summed E-state index contributed by atoms with van der Waals surface area (Å²) in [5.41, 5.74) is 9.19. The highest BCUT2D eigenvalue weighted by Gasteiger charge is 2.31. The fourth-order valence-electron chi connectivity index (χ4n) is 4.57. The van der Waals surface area contributed by atoms with E-state index < -0.39 is 0 Å². The lowest BCUT2D eigenvalue weighted by molar-refractivity contribution is -0.121. The minimum atomic E-state index is -0.273. The Morgan fingerprint density at radius 3 is 2.97 bits per heavy atom. The Morgan fingerprint density at radius 2 is 2.09 bits per heavy atom. The molecular formula is C23H22N8O2. The Morgan fingerprint density at radius 1 is 1.21 bits per heavy atom. The summed E-state index contributed by atoms with van der Waals surface area (Å²) in [5.74, 6) is 2.82. The van der Waals surface area contributed by atoms with Gasteiger partial charge in [-0.2, -0.15) is 10.1 Å². The van der Waals surface area contributed by atoms with Crippen LogP contribution in [-0.4, -0.2) is 45.7 Å². The minimum Gasteiger partial charge on any atom is -0.454 e. The molecule has 10 nitrogen and oxygen atoms in total. The maximum absolute atomic E-state index is 12.3. The molecule has 1 unspecified atom stereocenters. The van der Waals surface area contributed by atoms with Gasteiger partial charge in [-0.3, -0.25) is 9.89 Å². The smallest absolute Gasteiger partial charge is 0.242 e. The summed E-state index contributed by atoms with van der Waals surface area (Å²) in [5, 5.41) is 14.4. The SMILES string of the molecule is CNC(=O)C1CCCN1c1cc(-c2cc3c4c(n[nH]c4c2)Nc2ccccc2O3)nc(N)n1. The summed E-state index contributed by atoms with van der Waals surface area (Å²) in [6, 6.07) is 13.2. The summed E-state index contributed by atoms with van der Waals surface area (Å²) in [6.07, 6.45) is 1.68. The van der Waals surface area contributed by atoms with Crippen molar-refractivity contribution in [1.82, 2.24) is 25.5 Å². The van der Waals surface area contributed by atoms with E-state index in [1.54, 1.807) is 7.05 Å². The number of amides is 1. The fourth-order valence-corrected chi connectivity index (χ4v) is 4.57. The van der Waals surface area contributed by atoms with E-state index in [4.69, 9.17) is 10.5 Å². The van der Waals surface area contributed by atoms with Crippen LogP contribution in [0.2, 0.25) is 0 Å². The molecule has 2 aliphatic rings. The van der Waals surface area contributed by atoms with Gasteiger partial charge in [0, 0.05) is 25.2 Å². The number of hydrogen-bond acceptors (Lipinski definition) is 8. The van der Waals surface area contributed by atoms with Gasteiger partial charge in [-0.25, -0.2) is 4.98 Å². The number of para-hydroxylation sites is 2. The van der Waals surface area contributed by atoms with Crippen LogP contribution in [0.1, 0.15) is 12.8 Å². The van der Waals surface area contributed by atoms with E-state index >= 15 is 0 Å². The number of rotatable bonds is 3. The number of anilines is 4. The summed E-state index contributed by atoms with van der Waals surface area (Å²) in [6.45, 7) is 0.730. The Hall–Kier alpha value is -4.34. The molecule has 166 valence electrons. The minimum absolute atomic E-state index is 0.0297. The molecule has 1 amide bonds. The van der Waals surface area contributed by atoms with Crippen molar-refractivity contribution in [3.05, 3.63) is 42.5 Å². The van der Waals surface area contributed by atoms with Crippen LogP contribution in [0.5, 0.6) is 11.5 Å². The maximum Gasteiger partial charge on any atom is 0.242 e. The third kappa shape index (κ3) is 3.18. The van der Waals surface area contributed by atoms with E-state index in [9.17, 15) is 4.79 Å². The first kappa shape index (κ1) is 19.4. The highest BCUT2D eigenvalue weighted by atomic mass is 16.5. The van der Waals surface area contributed by atoms with Crippen LogP contribution in [0.15, 0.2) is 42.5 Å². The number of benzene rings is 2. The zero-order valence-electron chi connectivity index (χ0n) is 17.9. The molecule has 4 heterocycles. The van der Waals surface area contributed by atoms with Crippen LogP contribution in [0, 0.1) is 0 Å². The number of nitrogens with zero attached hydrogens (tertiary/aromatic N) is 4. The van der Waals surface area contributed by atoms with Crippen LogP contribution in [0.4, 0.5) is 23.3 Å². The number of carbonyl (C=O) groups excluding carboxylic acids is 1. The zero-order chi connectivity index (χ0) is 22.5. The zero-order valence-corrected chi connectivity index (χ0v) is 17.9. The number of aromatic nitrogens is 4. The van der Waals surface area contributed by atoms with Crippen LogP contribution in [0.3, 0.4) is 0 Å². The molecule has 1 fully saturated rings. The number of fused-ring (bicyclic) bond motifs is 1. The third-order valence-electron chi connectivity index (χ3n) is 6.11. The van der Waals surface area contributed by atoms with Gasteiger partial charge < -0.3 is 26.0 Å². The highest BCUT2D eigenvalue weighted by molar-refractivity contribution is 6.00. The predicted molar refractivity (Wildman–Crippen MR) is 126 cm³/mol. The van der Waals surface area contributed by atoms with E-state index in [-0.39, 0.29) is 17.9 Å². The molecule has 0 aliphatic carbocycles. The molecule has 6 rings (SSSR count). The van der Waals surface area contributed by atoms with Gasteiger partial charge in [0.1, 0.15) is 17.6 Å². The highest BCUT2D eigenvalue weighted by Crippen LogP contribution is 2.44. The van der Waals surface area contributed by atoms with Crippen molar-refractivity contribution in [3.63, 3.8) is 0 Å². The Bertz CT molecular complexity index is 1400. The van der Waals surface area contributed by atoms with Crippen LogP contribution >= 0.6 is 0 Å². The Balaban J connectivity index is 1.45. The average Bonchev–Trinajstić information content (AvgIpc) is 3.43. The number of nitrogens with two attached hydrogens (primary N) is 1. The predicted octanol–water partition coefficient (Wildman–Crippen LogP) is 3.17. The molecule has 2 aromatic heterocycles. The molecule has 0 radical (unpaired) electrons. The van der Waals surface area contributed by atoms with Gasteiger partial charge in [0.25, 0.3) is 0 Å². The lowest BCUT2D eigenvalue weighted by Crippen LogP contribution is -2.42. The van der Waals surface area contributed by atoms with Gasteiger partial charge >= 0.3 is 0 Å². The first-order valence-corrected chi connectivity index (χ1v) is 10.8. The largest absolute Gasteiger partial charge is 0.454 e. The van der Waals surface area contributed by atoms with Crippen molar-refractivity contribution in [1.29, 1.82) is 0 Å². The van der Waals surface area contributed by atoms with Gasteiger partial charge in [-0.15, -0.1) is 0 Å². The summed E-state index contributed by atoms with van der Waals surface area (Å²) < 4.78 is 6.26. The van der Waals surface area contributed by atoms with Gasteiger partial charge in [-0.1, -0.05) is 12.1 Å². The monoisotopic (exact) mass is 442 g/mol. The lowest BCUT2D eigenvalue weighted by atomic mass is 10.1. The first-order valence-electron chi connectivity index (χ1n) is 10.8. The normalized spacial score (nSPS) is 16.6. The number of ether oxygens (including phenoxy) is 1. The van der Waals surface area contributed by atoms with Crippen molar-refractivity contribution >= 4 is 40.1 Å². The molecular weight excluding hydrogens is 420 g/mol. The van der Waals surface area contributed by atoms with E-state index in [0.717, 1.165) is 41.5 Å². The Kier molecular flexibility index (Phi) is 4.32. The average molecular weight is 442 g/mol. The van der Waals surface area contributed by atoms with E-state index in [1.165, 1.54) is 0 Å². The van der Waals surface area contributed by atoms with Crippen molar-refractivity contribution in [2.45, 2.75) is 18.9 Å². The number of carbonyl (C=O) groups is 1. The van der Waals surface area contributed by atoms with Crippen LogP contribution < -0.4 is 26.0 Å². The van der Waals surface area contributed by atoms with Gasteiger partial charge in [0.05, 0.1) is 22.3 Å². The fraction of sp³-hybridized carbons (Fsp3) is 0.217. The second-order valence-electron chi connectivity index (χ2n) is 8.13. The number of H-pyrrole nitrogens is 1. The molecule has 4 aromatic rings. The van der Waals surface area contributed by atoms with Crippen molar-refractivity contribution in [3.8, 4) is 22.8 Å². The summed E-state index contributed by atoms with van der Waals surface area (Å²) >= 11 is 0. The quantitative estimate of drug-likeness (QED) is 0.335. The number of likely N-dealkylation sites (N-methyl/N-ethyl adjacent to an activating group) is 1. The van der Waals surface area contributed by atoms with Gasteiger partial charge in [0.15, 0.2) is 11.6 Å². The van der Waals surface area contributed by atoms with Crippen molar-refractivity contribution < 1.29 is 9.53 Å². The summed E-state index contributed by atoms with van der Waals surface area (Å²) in [4.78, 5) is 23.2. The molecule has 33 heavy (non-hydrogen) atoms. The number of nitrogen functional groups attached to an aromatic ring is 1. The van der Waals surface area contributed by atoms with Crippen LogP contribution in [0.25, 0.3) is 22.2 Å². The molecule has 0 spiro atoms. The molecule has 2 aromatic carbocycles. The Labute approximate surface area is 189 Å². The second-order valence-corrected chi connectivity index (χ2v) is 8.13. The number of aromatic amines is 1. The molecule has 1 saturated heterocycles. The molecule has 2 aliphatic heterocycles. The standard InChI is InChI=1S/C23H22N8O2/c1-25-22(32)16-6-4-8-31(16)19-11-14(27-23(24)28-19)12-9-15-20-18(10-12)33-17-7-3-2-5-13(17)26-21(20)30-29-15/h2-3,5,7,9-11,16H,4,6,8H2,1H3,(H,25,32)(H2,24,27,28)(H2,26,29,30). The molecule has 0 saturated carbocycles. The second kappa shape index (κ2) is 7.37. The van der Waals surface area contributed by atoms with E-state index in [0.29, 0.717) is 28.8 Å². The maximum atomic E-state index is 12.3. The molecule has 0 bridgehead atoms. The van der Waals surface area contributed by atoms with Crippen molar-refractivity contribution in [2.24, 2.45) is 0 Å². The van der Waals surface area contributed by atoms with E-state index in [1.807, 2.05) is 47.4 Å².